The second-order valence-electron chi connectivity index (χ2n) is 4.78. The number of carbonyl (C=O) groups is 1. The highest BCUT2D eigenvalue weighted by atomic mass is 16.2. The normalized spacial score (nSPS) is 10.4. The van der Waals surface area contributed by atoms with Crippen LogP contribution in [0.5, 0.6) is 0 Å². The van der Waals surface area contributed by atoms with Crippen LogP contribution in [0.25, 0.3) is 10.8 Å². The Balaban J connectivity index is 1.93. The molecule has 6 nitrogen and oxygen atoms in total. The molecule has 0 unspecified atom stereocenters. The quantitative estimate of drug-likeness (QED) is 0.721. The van der Waals surface area contributed by atoms with Crippen molar-refractivity contribution in [3.05, 3.63) is 70.6 Å². The average molecular weight is 294 g/mol. The number of hydrogen-bond acceptors (Lipinski definition) is 4. The van der Waals surface area contributed by atoms with Crippen LogP contribution < -0.4 is 16.0 Å². The van der Waals surface area contributed by atoms with Gasteiger partial charge in [-0.25, -0.2) is 5.10 Å². The number of aromatic nitrogens is 2. The second-order valence-corrected chi connectivity index (χ2v) is 4.78. The molecular weight excluding hydrogens is 280 g/mol. The number of anilines is 1. The van der Waals surface area contributed by atoms with Gasteiger partial charge in [-0.2, -0.15) is 5.10 Å². The van der Waals surface area contributed by atoms with Crippen LogP contribution in [0, 0.1) is 0 Å². The van der Waals surface area contributed by atoms with Crippen LogP contribution in [0.15, 0.2) is 59.4 Å². The maximum atomic E-state index is 12.4. The van der Waals surface area contributed by atoms with Gasteiger partial charge in [0.05, 0.1) is 11.1 Å². The van der Waals surface area contributed by atoms with Gasteiger partial charge in [-0.15, -0.1) is 0 Å². The summed E-state index contributed by atoms with van der Waals surface area (Å²) in [5, 5.41) is 8.78. The number of H-pyrrole nitrogens is 1. The number of hydrogen-bond donors (Lipinski definition) is 2. The Morgan fingerprint density at radius 1 is 1.05 bits per heavy atom. The number of fused-ring (bicyclic) bond motifs is 1. The molecule has 22 heavy (non-hydrogen) atoms. The van der Waals surface area contributed by atoms with E-state index in [0.717, 1.165) is 5.69 Å². The van der Waals surface area contributed by atoms with Gasteiger partial charge in [0.2, 0.25) is 0 Å². The molecule has 3 aromatic rings. The van der Waals surface area contributed by atoms with E-state index in [9.17, 15) is 9.59 Å². The van der Waals surface area contributed by atoms with E-state index in [2.05, 4.69) is 15.6 Å². The van der Waals surface area contributed by atoms with Gasteiger partial charge in [0.25, 0.3) is 11.5 Å². The highest BCUT2D eigenvalue weighted by Crippen LogP contribution is 2.13. The topological polar surface area (TPSA) is 78.1 Å². The lowest BCUT2D eigenvalue weighted by Crippen LogP contribution is -2.40. The molecule has 0 saturated heterocycles. The number of nitrogens with zero attached hydrogens (tertiary/aromatic N) is 2. The SMILES string of the molecule is CN(NC(=O)c1n[nH]c(=O)c2ccccc12)c1ccccc1. The van der Waals surface area contributed by atoms with Crippen molar-refractivity contribution in [3.63, 3.8) is 0 Å². The molecule has 1 heterocycles. The van der Waals surface area contributed by atoms with Gasteiger partial charge < -0.3 is 0 Å². The highest BCUT2D eigenvalue weighted by molar-refractivity contribution is 6.05. The third kappa shape index (κ3) is 2.54. The first-order valence-electron chi connectivity index (χ1n) is 6.74. The molecule has 0 spiro atoms. The Morgan fingerprint density at radius 2 is 1.68 bits per heavy atom. The molecule has 0 atom stereocenters. The molecule has 0 fully saturated rings. The maximum Gasteiger partial charge on any atom is 0.290 e. The highest BCUT2D eigenvalue weighted by Gasteiger charge is 2.15. The molecule has 0 aliphatic carbocycles. The van der Waals surface area contributed by atoms with E-state index in [4.69, 9.17) is 0 Å². The van der Waals surface area contributed by atoms with E-state index >= 15 is 0 Å². The van der Waals surface area contributed by atoms with E-state index in [-0.39, 0.29) is 17.2 Å². The Hall–Kier alpha value is -3.15. The van der Waals surface area contributed by atoms with Gasteiger partial charge in [0.15, 0.2) is 5.69 Å². The van der Waals surface area contributed by atoms with Crippen LogP contribution in [0.1, 0.15) is 10.5 Å². The lowest BCUT2D eigenvalue weighted by Gasteiger charge is -2.20. The lowest BCUT2D eigenvalue weighted by atomic mass is 10.1. The number of amides is 1. The van der Waals surface area contributed by atoms with Crippen molar-refractivity contribution in [3.8, 4) is 0 Å². The van der Waals surface area contributed by atoms with E-state index in [0.29, 0.717) is 10.8 Å². The summed E-state index contributed by atoms with van der Waals surface area (Å²) in [7, 11) is 1.74. The Bertz CT molecular complexity index is 874. The average Bonchev–Trinajstić information content (AvgIpc) is 2.56. The van der Waals surface area contributed by atoms with Crippen molar-refractivity contribution >= 4 is 22.4 Å². The minimum atomic E-state index is -0.390. The van der Waals surface area contributed by atoms with E-state index in [1.807, 2.05) is 30.3 Å². The first-order chi connectivity index (χ1) is 10.7. The van der Waals surface area contributed by atoms with Gasteiger partial charge in [-0.05, 0) is 18.2 Å². The third-order valence-corrected chi connectivity index (χ3v) is 3.32. The van der Waals surface area contributed by atoms with Crippen molar-refractivity contribution in [1.29, 1.82) is 0 Å². The molecule has 2 aromatic carbocycles. The number of aromatic amines is 1. The molecule has 0 radical (unpaired) electrons. The summed E-state index contributed by atoms with van der Waals surface area (Å²) >= 11 is 0. The first-order valence-corrected chi connectivity index (χ1v) is 6.74. The van der Waals surface area contributed by atoms with Crippen LogP contribution >= 0.6 is 0 Å². The monoisotopic (exact) mass is 294 g/mol. The van der Waals surface area contributed by atoms with Crippen LogP contribution in [0.2, 0.25) is 0 Å². The lowest BCUT2D eigenvalue weighted by molar-refractivity contribution is 0.0947. The summed E-state index contributed by atoms with van der Waals surface area (Å²) in [5.41, 5.74) is 3.43. The molecule has 1 amide bonds. The smallest absolute Gasteiger partial charge is 0.288 e. The number of rotatable bonds is 3. The Kier molecular flexibility index (Phi) is 3.57. The fraction of sp³-hybridized carbons (Fsp3) is 0.0625. The van der Waals surface area contributed by atoms with E-state index in [1.54, 1.807) is 36.3 Å². The molecule has 3 rings (SSSR count). The number of para-hydroxylation sites is 1. The first kappa shape index (κ1) is 13.8. The molecule has 0 aliphatic heterocycles. The van der Waals surface area contributed by atoms with Crippen molar-refractivity contribution in [2.45, 2.75) is 0 Å². The van der Waals surface area contributed by atoms with Crippen LogP contribution in [0.4, 0.5) is 5.69 Å². The van der Waals surface area contributed by atoms with Crippen molar-refractivity contribution in [2.24, 2.45) is 0 Å². The Labute approximate surface area is 126 Å². The van der Waals surface area contributed by atoms with Crippen LogP contribution in [0.3, 0.4) is 0 Å². The molecular formula is C16H14N4O2. The summed E-state index contributed by atoms with van der Waals surface area (Å²) in [6.07, 6.45) is 0. The minimum Gasteiger partial charge on any atom is -0.288 e. The second kappa shape index (κ2) is 5.69. The predicted octanol–water partition coefficient (Wildman–Crippen LogP) is 1.70. The zero-order chi connectivity index (χ0) is 15.5. The number of benzene rings is 2. The van der Waals surface area contributed by atoms with E-state index < -0.39 is 0 Å². The zero-order valence-corrected chi connectivity index (χ0v) is 11.9. The standard InChI is InChI=1S/C16H14N4O2/c1-20(11-7-3-2-4-8-11)19-16(22)14-12-9-5-6-10-13(12)15(21)18-17-14/h2-10H,1H3,(H,18,21)(H,19,22). The summed E-state index contributed by atoms with van der Waals surface area (Å²) in [4.78, 5) is 24.2. The fourth-order valence-corrected chi connectivity index (χ4v) is 2.21. The van der Waals surface area contributed by atoms with Gasteiger partial charge in [0, 0.05) is 12.4 Å². The number of nitrogens with one attached hydrogen (secondary N) is 2. The molecule has 6 heteroatoms. The molecule has 0 bridgehead atoms. The van der Waals surface area contributed by atoms with Gasteiger partial charge in [-0.1, -0.05) is 36.4 Å². The van der Waals surface area contributed by atoms with Gasteiger partial charge in [0.1, 0.15) is 0 Å². The number of carbonyl (C=O) groups excluding carboxylic acids is 1. The summed E-state index contributed by atoms with van der Waals surface area (Å²) in [6.45, 7) is 0. The maximum absolute atomic E-state index is 12.4. The van der Waals surface area contributed by atoms with Crippen molar-refractivity contribution in [1.82, 2.24) is 15.6 Å². The Morgan fingerprint density at radius 3 is 2.41 bits per heavy atom. The van der Waals surface area contributed by atoms with Crippen LogP contribution in [-0.4, -0.2) is 23.2 Å². The van der Waals surface area contributed by atoms with Gasteiger partial charge >= 0.3 is 0 Å². The van der Waals surface area contributed by atoms with E-state index in [1.165, 1.54) is 0 Å². The van der Waals surface area contributed by atoms with Crippen LogP contribution in [-0.2, 0) is 0 Å². The minimum absolute atomic E-state index is 0.179. The summed E-state index contributed by atoms with van der Waals surface area (Å²) in [5.74, 6) is -0.390. The zero-order valence-electron chi connectivity index (χ0n) is 11.9. The molecule has 0 saturated carbocycles. The van der Waals surface area contributed by atoms with Crippen molar-refractivity contribution < 1.29 is 4.79 Å². The molecule has 1 aromatic heterocycles. The van der Waals surface area contributed by atoms with Crippen molar-refractivity contribution in [2.75, 3.05) is 12.1 Å². The fourth-order valence-electron chi connectivity index (χ4n) is 2.21. The summed E-state index contributed by atoms with van der Waals surface area (Å²) < 4.78 is 0. The predicted molar refractivity (Wildman–Crippen MR) is 84.7 cm³/mol. The summed E-state index contributed by atoms with van der Waals surface area (Å²) in [6, 6.07) is 16.3. The molecule has 0 aliphatic rings. The largest absolute Gasteiger partial charge is 0.290 e. The molecule has 2 N–H and O–H groups in total. The molecule has 110 valence electrons. The number of hydrazine groups is 1. The third-order valence-electron chi connectivity index (χ3n) is 3.32. The van der Waals surface area contributed by atoms with Gasteiger partial charge in [-0.3, -0.25) is 20.0 Å².